The second kappa shape index (κ2) is 14.5. The molecule has 0 spiro atoms. The summed E-state index contributed by atoms with van der Waals surface area (Å²) in [6.07, 6.45) is 5.03. The first-order chi connectivity index (χ1) is 21.8. The Hall–Kier alpha value is -4.15. The minimum atomic E-state index is -1.34. The average Bonchev–Trinajstić information content (AvgIpc) is 3.45. The Morgan fingerprint density at radius 3 is 2.22 bits per heavy atom. The third-order valence-electron chi connectivity index (χ3n) is 7.87. The van der Waals surface area contributed by atoms with Crippen LogP contribution >= 0.6 is 0 Å². The molecular formula is C41H38IrN2OSi-2. The van der Waals surface area contributed by atoms with Gasteiger partial charge in [-0.25, -0.2) is 0 Å². The number of fused-ring (bicyclic) bond motifs is 3. The van der Waals surface area contributed by atoms with Gasteiger partial charge in [0, 0.05) is 37.9 Å². The molecule has 3 aromatic heterocycles. The van der Waals surface area contributed by atoms with E-state index in [2.05, 4.69) is 104 Å². The summed E-state index contributed by atoms with van der Waals surface area (Å²) >= 11 is 0. The van der Waals surface area contributed by atoms with Crippen molar-refractivity contribution in [2.24, 2.45) is 5.92 Å². The van der Waals surface area contributed by atoms with Crippen LogP contribution in [0.15, 0.2) is 126 Å². The first kappa shape index (κ1) is 33.2. The molecule has 4 aromatic carbocycles. The number of furan rings is 1. The Bertz CT molecular complexity index is 2030. The molecule has 7 aromatic rings. The predicted octanol–water partition coefficient (Wildman–Crippen LogP) is 10.4. The van der Waals surface area contributed by atoms with Crippen LogP contribution in [0, 0.1) is 18.1 Å². The van der Waals surface area contributed by atoms with Crippen LogP contribution < -0.4 is 5.19 Å². The number of hydrogen-bond acceptors (Lipinski definition) is 3. The summed E-state index contributed by atoms with van der Waals surface area (Å²) < 4.78 is 6.23. The number of aromatic nitrogens is 2. The van der Waals surface area contributed by atoms with Crippen molar-refractivity contribution in [2.45, 2.75) is 39.9 Å². The minimum absolute atomic E-state index is 0. The van der Waals surface area contributed by atoms with E-state index in [0.29, 0.717) is 5.92 Å². The van der Waals surface area contributed by atoms with Crippen molar-refractivity contribution in [2.75, 3.05) is 0 Å². The summed E-state index contributed by atoms with van der Waals surface area (Å²) in [5, 5.41) is 3.72. The SMILES string of the molecule is CC(C)Cc1cc(-c2[c-]cccc2)ncc1[Si](C)(C)C.[Ir].[c-]1cc(-c2ccccc2)c2c(oc3ccccc32)c1-c1ccccn1. The fourth-order valence-corrected chi connectivity index (χ4v) is 7.39. The van der Waals surface area contributed by atoms with Gasteiger partial charge >= 0.3 is 0 Å². The number of pyridine rings is 2. The van der Waals surface area contributed by atoms with Gasteiger partial charge < -0.3 is 14.4 Å². The molecule has 0 bridgehead atoms. The number of hydrogen-bond donors (Lipinski definition) is 0. The third-order valence-corrected chi connectivity index (χ3v) is 9.94. The summed E-state index contributed by atoms with van der Waals surface area (Å²) in [6.45, 7) is 11.7. The molecule has 0 amide bonds. The molecule has 7 rings (SSSR count). The van der Waals surface area contributed by atoms with Crippen molar-refractivity contribution in [1.82, 2.24) is 9.97 Å². The van der Waals surface area contributed by atoms with E-state index in [9.17, 15) is 0 Å². The van der Waals surface area contributed by atoms with Gasteiger partial charge in [-0.1, -0.05) is 122 Å². The third kappa shape index (κ3) is 7.29. The molecule has 0 saturated heterocycles. The van der Waals surface area contributed by atoms with Crippen molar-refractivity contribution in [3.63, 3.8) is 0 Å². The van der Waals surface area contributed by atoms with Crippen LogP contribution in [0.25, 0.3) is 55.6 Å². The van der Waals surface area contributed by atoms with Gasteiger partial charge in [-0.05, 0) is 46.4 Å². The van der Waals surface area contributed by atoms with E-state index in [1.807, 2.05) is 66.7 Å². The number of para-hydroxylation sites is 1. The Kier molecular flexibility index (Phi) is 10.5. The zero-order valence-corrected chi connectivity index (χ0v) is 30.4. The largest absolute Gasteiger partial charge is 0.501 e. The molecular weight excluding hydrogens is 757 g/mol. The molecule has 0 aliphatic rings. The molecule has 3 nitrogen and oxygen atoms in total. The van der Waals surface area contributed by atoms with Crippen molar-refractivity contribution in [3.05, 3.63) is 139 Å². The number of benzene rings is 4. The Morgan fingerprint density at radius 2 is 1.52 bits per heavy atom. The maximum Gasteiger partial charge on any atom is 0.120 e. The predicted molar refractivity (Wildman–Crippen MR) is 191 cm³/mol. The summed E-state index contributed by atoms with van der Waals surface area (Å²) in [5.74, 6) is 0.667. The zero-order valence-electron chi connectivity index (χ0n) is 27.0. The van der Waals surface area contributed by atoms with Gasteiger partial charge in [-0.2, -0.15) is 0 Å². The molecule has 0 atom stereocenters. The van der Waals surface area contributed by atoms with Crippen LogP contribution in [0.2, 0.25) is 19.6 Å². The van der Waals surface area contributed by atoms with Gasteiger partial charge in [0.25, 0.3) is 0 Å². The fourth-order valence-electron chi connectivity index (χ4n) is 5.80. The van der Waals surface area contributed by atoms with E-state index in [0.717, 1.165) is 62.0 Å². The first-order valence-electron chi connectivity index (χ1n) is 15.6. The van der Waals surface area contributed by atoms with Gasteiger partial charge in [0.05, 0.1) is 13.7 Å². The monoisotopic (exact) mass is 795 g/mol. The fraction of sp³-hybridized carbons (Fsp3) is 0.171. The molecule has 46 heavy (non-hydrogen) atoms. The van der Waals surface area contributed by atoms with E-state index in [4.69, 9.17) is 4.42 Å². The van der Waals surface area contributed by atoms with Gasteiger partial charge in [0.15, 0.2) is 0 Å². The maximum absolute atomic E-state index is 6.23. The first-order valence-corrected chi connectivity index (χ1v) is 19.1. The van der Waals surface area contributed by atoms with Crippen LogP contribution in [0.5, 0.6) is 0 Å². The van der Waals surface area contributed by atoms with Crippen molar-refractivity contribution in [3.8, 4) is 33.6 Å². The second-order valence-electron chi connectivity index (χ2n) is 12.8. The standard InChI is InChI=1S/C23H14NO.C18H24NSi.Ir/c1-2-8-16(9-3-1)17-13-14-18(20-11-6-7-15-24-20)23-22(17)19-10-4-5-12-21(19)25-23;1-14(2)11-16-12-17(15-9-7-6-8-10-15)19-13-18(16)20(3,4)5;/h1-13,15H;6-9,12-14H,11H2,1-5H3;/q2*-1;. The topological polar surface area (TPSA) is 38.9 Å². The van der Waals surface area contributed by atoms with E-state index in [-0.39, 0.29) is 20.1 Å². The van der Waals surface area contributed by atoms with Gasteiger partial charge in [0.2, 0.25) is 0 Å². The Labute approximate surface area is 287 Å². The molecule has 0 N–H and O–H groups in total. The van der Waals surface area contributed by atoms with Crippen LogP contribution in [-0.4, -0.2) is 18.0 Å². The molecule has 0 aliphatic carbocycles. The molecule has 5 heteroatoms. The molecule has 0 saturated carbocycles. The quantitative estimate of drug-likeness (QED) is 0.124. The number of rotatable bonds is 6. The smallest absolute Gasteiger partial charge is 0.120 e. The Morgan fingerprint density at radius 1 is 0.783 bits per heavy atom. The number of nitrogens with zero attached hydrogens (tertiary/aromatic N) is 2. The molecule has 1 radical (unpaired) electrons. The zero-order chi connectivity index (χ0) is 31.4. The van der Waals surface area contributed by atoms with Crippen molar-refractivity contribution < 1.29 is 24.5 Å². The Balaban J connectivity index is 0.000000182. The molecule has 233 valence electrons. The summed E-state index contributed by atoms with van der Waals surface area (Å²) in [6, 6.07) is 43.5. The van der Waals surface area contributed by atoms with Crippen LogP contribution in [-0.2, 0) is 26.5 Å². The minimum Gasteiger partial charge on any atom is -0.501 e. The van der Waals surface area contributed by atoms with Crippen molar-refractivity contribution in [1.29, 1.82) is 0 Å². The second-order valence-corrected chi connectivity index (χ2v) is 17.9. The average molecular weight is 795 g/mol. The van der Waals surface area contributed by atoms with Gasteiger partial charge in [0.1, 0.15) is 5.58 Å². The van der Waals surface area contributed by atoms with E-state index < -0.39 is 8.07 Å². The van der Waals surface area contributed by atoms with E-state index in [1.165, 1.54) is 10.8 Å². The maximum atomic E-state index is 6.23. The van der Waals surface area contributed by atoms with Crippen molar-refractivity contribution >= 4 is 35.2 Å². The van der Waals surface area contributed by atoms with Crippen LogP contribution in [0.1, 0.15) is 19.4 Å². The van der Waals surface area contributed by atoms with E-state index in [1.54, 1.807) is 6.20 Å². The van der Waals surface area contributed by atoms with Gasteiger partial charge in [-0.3, -0.25) is 0 Å². The normalized spacial score (nSPS) is 11.3. The molecule has 0 aliphatic heterocycles. The summed E-state index contributed by atoms with van der Waals surface area (Å²) in [7, 11) is -1.34. The summed E-state index contributed by atoms with van der Waals surface area (Å²) in [5.41, 5.74) is 9.36. The molecule has 0 fully saturated rings. The van der Waals surface area contributed by atoms with Gasteiger partial charge in [-0.15, -0.1) is 48.0 Å². The molecule has 0 unspecified atom stereocenters. The molecule has 3 heterocycles. The van der Waals surface area contributed by atoms with Crippen LogP contribution in [0.3, 0.4) is 0 Å². The van der Waals surface area contributed by atoms with Crippen LogP contribution in [0.4, 0.5) is 0 Å². The summed E-state index contributed by atoms with van der Waals surface area (Å²) in [4.78, 5) is 9.17. The van der Waals surface area contributed by atoms with E-state index >= 15 is 0 Å².